The molecule has 6 heteroatoms. The molecule has 0 radical (unpaired) electrons. The number of pyridine rings is 1. The maximum atomic E-state index is 13.5. The van der Waals surface area contributed by atoms with Gasteiger partial charge < -0.3 is 14.4 Å². The molecule has 0 bridgehead atoms. The van der Waals surface area contributed by atoms with E-state index in [1.165, 1.54) is 5.56 Å². The average Bonchev–Trinajstić information content (AvgIpc) is 2.84. The summed E-state index contributed by atoms with van der Waals surface area (Å²) < 4.78 is 10.7. The van der Waals surface area contributed by atoms with Gasteiger partial charge in [-0.15, -0.1) is 0 Å². The fourth-order valence-corrected chi connectivity index (χ4v) is 3.64. The van der Waals surface area contributed by atoms with E-state index < -0.39 is 0 Å². The number of amides is 1. The smallest absolute Gasteiger partial charge is 0.258 e. The van der Waals surface area contributed by atoms with Crippen molar-refractivity contribution in [3.63, 3.8) is 0 Å². The Labute approximate surface area is 183 Å². The Morgan fingerprint density at radius 3 is 2.42 bits per heavy atom. The van der Waals surface area contributed by atoms with E-state index in [0.717, 1.165) is 49.8 Å². The van der Waals surface area contributed by atoms with E-state index in [4.69, 9.17) is 9.47 Å². The number of carbonyl (C=O) groups is 1. The Morgan fingerprint density at radius 2 is 1.77 bits per heavy atom. The SMILES string of the molecule is COc1ccc(N(Cc2cccnc2)C(=O)c2ccc(CN3CCOCC3)cc2)cc1. The molecule has 6 nitrogen and oxygen atoms in total. The molecule has 1 aliphatic heterocycles. The van der Waals surface area contributed by atoms with Crippen molar-refractivity contribution in [2.45, 2.75) is 13.1 Å². The molecule has 0 aliphatic carbocycles. The molecule has 1 amide bonds. The third kappa shape index (κ3) is 5.48. The van der Waals surface area contributed by atoms with Gasteiger partial charge in [0.25, 0.3) is 5.91 Å². The maximum absolute atomic E-state index is 13.5. The first-order chi connectivity index (χ1) is 15.2. The highest BCUT2D eigenvalue weighted by atomic mass is 16.5. The molecular weight excluding hydrogens is 390 g/mol. The van der Waals surface area contributed by atoms with Crippen LogP contribution in [0.4, 0.5) is 5.69 Å². The number of methoxy groups -OCH3 is 1. The monoisotopic (exact) mass is 417 g/mol. The molecule has 2 aromatic carbocycles. The summed E-state index contributed by atoms with van der Waals surface area (Å²) in [5.41, 5.74) is 3.63. The third-order valence-electron chi connectivity index (χ3n) is 5.40. The van der Waals surface area contributed by atoms with Gasteiger partial charge in [-0.2, -0.15) is 0 Å². The molecule has 0 atom stereocenters. The van der Waals surface area contributed by atoms with Gasteiger partial charge in [0.2, 0.25) is 0 Å². The van der Waals surface area contributed by atoms with Crippen LogP contribution in [0.3, 0.4) is 0 Å². The molecule has 1 saturated heterocycles. The molecule has 1 fully saturated rings. The lowest BCUT2D eigenvalue weighted by Crippen LogP contribution is -2.35. The first-order valence-electron chi connectivity index (χ1n) is 10.5. The van der Waals surface area contributed by atoms with Gasteiger partial charge in [0.15, 0.2) is 0 Å². The van der Waals surface area contributed by atoms with Gasteiger partial charge in [-0.05, 0) is 53.6 Å². The minimum absolute atomic E-state index is 0.0491. The number of ether oxygens (including phenoxy) is 2. The number of carbonyl (C=O) groups excluding carboxylic acids is 1. The van der Waals surface area contributed by atoms with Gasteiger partial charge in [-0.25, -0.2) is 0 Å². The summed E-state index contributed by atoms with van der Waals surface area (Å²) in [4.78, 5) is 21.8. The van der Waals surface area contributed by atoms with Crippen LogP contribution in [0.15, 0.2) is 73.1 Å². The summed E-state index contributed by atoms with van der Waals surface area (Å²) in [5.74, 6) is 0.705. The number of aromatic nitrogens is 1. The Hall–Kier alpha value is -3.22. The Morgan fingerprint density at radius 1 is 1.03 bits per heavy atom. The summed E-state index contributed by atoms with van der Waals surface area (Å²) in [5, 5.41) is 0. The van der Waals surface area contributed by atoms with Crippen LogP contribution in [0.5, 0.6) is 5.75 Å². The highest BCUT2D eigenvalue weighted by Crippen LogP contribution is 2.23. The minimum atomic E-state index is -0.0491. The molecule has 0 unspecified atom stereocenters. The predicted octanol–water partition coefficient (Wildman–Crippen LogP) is 3.77. The molecule has 0 saturated carbocycles. The lowest BCUT2D eigenvalue weighted by molar-refractivity contribution is 0.0342. The molecular formula is C25H27N3O3. The van der Waals surface area contributed by atoms with E-state index in [1.807, 2.05) is 60.7 Å². The first-order valence-corrected chi connectivity index (χ1v) is 10.5. The zero-order valence-corrected chi connectivity index (χ0v) is 17.7. The largest absolute Gasteiger partial charge is 0.497 e. The summed E-state index contributed by atoms with van der Waals surface area (Å²) in [6.07, 6.45) is 3.52. The van der Waals surface area contributed by atoms with E-state index in [0.29, 0.717) is 12.1 Å². The van der Waals surface area contributed by atoms with Crippen LogP contribution in [0.1, 0.15) is 21.5 Å². The maximum Gasteiger partial charge on any atom is 0.258 e. The summed E-state index contributed by atoms with van der Waals surface area (Å²) in [6.45, 7) is 4.75. The molecule has 31 heavy (non-hydrogen) atoms. The number of hydrogen-bond acceptors (Lipinski definition) is 5. The highest BCUT2D eigenvalue weighted by molar-refractivity contribution is 6.06. The van der Waals surface area contributed by atoms with Gasteiger partial charge in [0.1, 0.15) is 5.75 Å². The molecule has 1 aromatic heterocycles. The van der Waals surface area contributed by atoms with E-state index >= 15 is 0 Å². The lowest BCUT2D eigenvalue weighted by atomic mass is 10.1. The molecule has 4 rings (SSSR count). The van der Waals surface area contributed by atoms with Crippen LogP contribution in [-0.2, 0) is 17.8 Å². The number of anilines is 1. The van der Waals surface area contributed by atoms with Crippen LogP contribution in [-0.4, -0.2) is 49.2 Å². The Kier molecular flexibility index (Phi) is 6.92. The van der Waals surface area contributed by atoms with Gasteiger partial charge in [0, 0.05) is 43.3 Å². The number of benzene rings is 2. The lowest BCUT2D eigenvalue weighted by Gasteiger charge is -2.26. The Bertz CT molecular complexity index is 969. The highest BCUT2D eigenvalue weighted by Gasteiger charge is 2.19. The van der Waals surface area contributed by atoms with E-state index in [2.05, 4.69) is 9.88 Å². The average molecular weight is 418 g/mol. The van der Waals surface area contributed by atoms with Crippen molar-refractivity contribution in [1.82, 2.24) is 9.88 Å². The van der Waals surface area contributed by atoms with Gasteiger partial charge in [0.05, 0.1) is 26.9 Å². The summed E-state index contributed by atoms with van der Waals surface area (Å²) >= 11 is 0. The molecule has 0 spiro atoms. The normalized spacial score (nSPS) is 14.2. The van der Waals surface area contributed by atoms with Crippen molar-refractivity contribution in [3.05, 3.63) is 89.7 Å². The van der Waals surface area contributed by atoms with Crippen LogP contribution in [0, 0.1) is 0 Å². The molecule has 160 valence electrons. The third-order valence-corrected chi connectivity index (χ3v) is 5.40. The van der Waals surface area contributed by atoms with Crippen LogP contribution < -0.4 is 9.64 Å². The van der Waals surface area contributed by atoms with Crippen LogP contribution in [0.25, 0.3) is 0 Å². The molecule has 3 aromatic rings. The fourth-order valence-electron chi connectivity index (χ4n) is 3.64. The van der Waals surface area contributed by atoms with Crippen molar-refractivity contribution in [1.29, 1.82) is 0 Å². The summed E-state index contributed by atoms with van der Waals surface area (Å²) in [7, 11) is 1.63. The standard InChI is InChI=1S/C25H27N3O3/c1-30-24-10-8-23(9-11-24)28(19-21-3-2-12-26-17-21)25(29)22-6-4-20(5-7-22)18-27-13-15-31-16-14-27/h2-12,17H,13-16,18-19H2,1H3. The first kappa shape index (κ1) is 21.0. The molecule has 2 heterocycles. The van der Waals surface area contributed by atoms with Gasteiger partial charge in [-0.1, -0.05) is 18.2 Å². The molecule has 0 N–H and O–H groups in total. The van der Waals surface area contributed by atoms with E-state index in [9.17, 15) is 4.79 Å². The second kappa shape index (κ2) is 10.2. The number of morpholine rings is 1. The molecule has 1 aliphatic rings. The van der Waals surface area contributed by atoms with Crippen molar-refractivity contribution >= 4 is 11.6 Å². The van der Waals surface area contributed by atoms with Gasteiger partial charge >= 0.3 is 0 Å². The van der Waals surface area contributed by atoms with Crippen LogP contribution >= 0.6 is 0 Å². The van der Waals surface area contributed by atoms with Crippen molar-refractivity contribution in [2.24, 2.45) is 0 Å². The Balaban J connectivity index is 1.54. The zero-order valence-electron chi connectivity index (χ0n) is 17.7. The minimum Gasteiger partial charge on any atom is -0.497 e. The summed E-state index contributed by atoms with van der Waals surface area (Å²) in [6, 6.07) is 19.3. The van der Waals surface area contributed by atoms with Crippen LogP contribution in [0.2, 0.25) is 0 Å². The van der Waals surface area contributed by atoms with Crippen molar-refractivity contribution in [2.75, 3.05) is 38.3 Å². The van der Waals surface area contributed by atoms with E-state index in [1.54, 1.807) is 24.4 Å². The number of hydrogen-bond donors (Lipinski definition) is 0. The van der Waals surface area contributed by atoms with Crippen molar-refractivity contribution < 1.29 is 14.3 Å². The number of nitrogens with zero attached hydrogens (tertiary/aromatic N) is 3. The topological polar surface area (TPSA) is 54.9 Å². The number of rotatable bonds is 7. The van der Waals surface area contributed by atoms with E-state index in [-0.39, 0.29) is 5.91 Å². The van der Waals surface area contributed by atoms with Crippen molar-refractivity contribution in [3.8, 4) is 5.75 Å². The predicted molar refractivity (Wildman–Crippen MR) is 120 cm³/mol. The van der Waals surface area contributed by atoms with Gasteiger partial charge in [-0.3, -0.25) is 14.7 Å². The quantitative estimate of drug-likeness (QED) is 0.586. The second-order valence-electron chi connectivity index (χ2n) is 7.54. The second-order valence-corrected chi connectivity index (χ2v) is 7.54. The zero-order chi connectivity index (χ0) is 21.5. The fraction of sp³-hybridized carbons (Fsp3) is 0.280.